The molecule has 102 valence electrons. The monoisotopic (exact) mass is 276 g/mol. The highest BCUT2D eigenvalue weighted by atomic mass is 32.1. The number of thiophene rings is 1. The predicted molar refractivity (Wildman–Crippen MR) is 79.0 cm³/mol. The molecule has 0 unspecified atom stereocenters. The first-order chi connectivity index (χ1) is 9.24. The van der Waals surface area contributed by atoms with Gasteiger partial charge in [-0.2, -0.15) is 0 Å². The molecular weight excluding hydrogens is 256 g/mol. The van der Waals surface area contributed by atoms with Gasteiger partial charge in [-0.25, -0.2) is 0 Å². The number of ketones is 1. The highest BCUT2D eigenvalue weighted by molar-refractivity contribution is 7.18. The van der Waals surface area contributed by atoms with Crippen LogP contribution in [0.15, 0.2) is 0 Å². The SMILES string of the molecule is Nc1c(C(=O)C2CC2)sc(NCC2CC2)c1C1CC1. The van der Waals surface area contributed by atoms with E-state index in [1.807, 2.05) is 0 Å². The van der Waals surface area contributed by atoms with Gasteiger partial charge in [-0.3, -0.25) is 4.79 Å². The van der Waals surface area contributed by atoms with Crippen LogP contribution in [0.25, 0.3) is 0 Å². The van der Waals surface area contributed by atoms with Gasteiger partial charge in [-0.15, -0.1) is 11.3 Å². The minimum absolute atomic E-state index is 0.268. The summed E-state index contributed by atoms with van der Waals surface area (Å²) in [6.07, 6.45) is 7.27. The standard InChI is InChI=1S/C15H20N2OS/c16-12-11(9-3-4-9)15(17-7-8-1-2-8)19-14(12)13(18)10-5-6-10/h8-10,17H,1-7,16H2. The van der Waals surface area contributed by atoms with Gasteiger partial charge in [0.15, 0.2) is 5.78 Å². The van der Waals surface area contributed by atoms with Crippen LogP contribution < -0.4 is 11.1 Å². The van der Waals surface area contributed by atoms with E-state index >= 15 is 0 Å². The van der Waals surface area contributed by atoms with Gasteiger partial charge >= 0.3 is 0 Å². The van der Waals surface area contributed by atoms with Crippen LogP contribution in [-0.2, 0) is 0 Å². The molecule has 4 rings (SSSR count). The summed E-state index contributed by atoms with van der Waals surface area (Å²) in [5.41, 5.74) is 8.34. The van der Waals surface area contributed by atoms with Gasteiger partial charge in [-0.05, 0) is 50.4 Å². The number of carbonyl (C=O) groups excluding carboxylic acids is 1. The minimum Gasteiger partial charge on any atom is -0.397 e. The highest BCUT2D eigenvalue weighted by Gasteiger charge is 2.37. The van der Waals surface area contributed by atoms with Crippen molar-refractivity contribution in [2.75, 3.05) is 17.6 Å². The number of nitrogens with two attached hydrogens (primary N) is 1. The molecule has 3 aliphatic carbocycles. The molecule has 0 radical (unpaired) electrons. The highest BCUT2D eigenvalue weighted by Crippen LogP contribution is 2.52. The van der Waals surface area contributed by atoms with Crippen molar-refractivity contribution < 1.29 is 4.79 Å². The van der Waals surface area contributed by atoms with E-state index in [4.69, 9.17) is 5.73 Å². The van der Waals surface area contributed by atoms with Crippen LogP contribution >= 0.6 is 11.3 Å². The zero-order valence-corrected chi connectivity index (χ0v) is 11.9. The maximum absolute atomic E-state index is 12.3. The molecule has 0 saturated heterocycles. The maximum atomic E-state index is 12.3. The van der Waals surface area contributed by atoms with Gasteiger partial charge in [0.05, 0.1) is 15.6 Å². The van der Waals surface area contributed by atoms with Crippen LogP contribution in [0.4, 0.5) is 10.7 Å². The fourth-order valence-electron chi connectivity index (χ4n) is 2.64. The van der Waals surface area contributed by atoms with Crippen LogP contribution in [-0.4, -0.2) is 12.3 Å². The third-order valence-electron chi connectivity index (χ3n) is 4.39. The molecule has 4 heteroatoms. The van der Waals surface area contributed by atoms with Crippen LogP contribution in [0.5, 0.6) is 0 Å². The molecule has 0 spiro atoms. The number of hydrogen-bond acceptors (Lipinski definition) is 4. The van der Waals surface area contributed by atoms with E-state index in [0.29, 0.717) is 11.7 Å². The second kappa shape index (κ2) is 4.23. The van der Waals surface area contributed by atoms with Crippen LogP contribution in [0, 0.1) is 11.8 Å². The first kappa shape index (κ1) is 11.8. The zero-order valence-electron chi connectivity index (χ0n) is 11.1. The molecule has 3 nitrogen and oxygen atoms in total. The van der Waals surface area contributed by atoms with E-state index in [9.17, 15) is 4.79 Å². The Hall–Kier alpha value is -1.03. The number of nitrogens with one attached hydrogen (secondary N) is 1. The molecule has 3 fully saturated rings. The molecule has 0 amide bonds. The molecule has 1 aromatic rings. The number of carbonyl (C=O) groups is 1. The number of anilines is 2. The van der Waals surface area contributed by atoms with Gasteiger partial charge in [0, 0.05) is 18.0 Å². The van der Waals surface area contributed by atoms with E-state index in [2.05, 4.69) is 5.32 Å². The van der Waals surface area contributed by atoms with Gasteiger partial charge in [0.25, 0.3) is 0 Å². The Kier molecular flexibility index (Phi) is 2.62. The number of hydrogen-bond donors (Lipinski definition) is 2. The van der Waals surface area contributed by atoms with Crippen molar-refractivity contribution in [3.8, 4) is 0 Å². The van der Waals surface area contributed by atoms with E-state index in [1.165, 1.54) is 36.2 Å². The summed E-state index contributed by atoms with van der Waals surface area (Å²) in [5, 5.41) is 4.75. The quantitative estimate of drug-likeness (QED) is 0.780. The molecule has 1 heterocycles. The Labute approximate surface area is 117 Å². The number of rotatable bonds is 6. The zero-order chi connectivity index (χ0) is 13.0. The van der Waals surface area contributed by atoms with Gasteiger partial charge < -0.3 is 11.1 Å². The van der Waals surface area contributed by atoms with E-state index in [-0.39, 0.29) is 5.92 Å². The molecule has 0 aliphatic heterocycles. The van der Waals surface area contributed by atoms with E-state index < -0.39 is 0 Å². The van der Waals surface area contributed by atoms with Gasteiger partial charge in [-0.1, -0.05) is 0 Å². The summed E-state index contributed by atoms with van der Waals surface area (Å²) in [4.78, 5) is 13.1. The summed E-state index contributed by atoms with van der Waals surface area (Å²) in [6.45, 7) is 1.05. The van der Waals surface area contributed by atoms with Crippen molar-refractivity contribution in [3.05, 3.63) is 10.4 Å². The summed E-state index contributed by atoms with van der Waals surface area (Å²) >= 11 is 1.61. The van der Waals surface area contributed by atoms with E-state index in [1.54, 1.807) is 11.3 Å². The Morgan fingerprint density at radius 3 is 2.53 bits per heavy atom. The molecule has 3 N–H and O–H groups in total. The molecule has 0 atom stereocenters. The molecule has 1 aromatic heterocycles. The minimum atomic E-state index is 0.268. The fourth-order valence-corrected chi connectivity index (χ4v) is 3.87. The van der Waals surface area contributed by atoms with Crippen molar-refractivity contribution in [1.82, 2.24) is 0 Å². The lowest BCUT2D eigenvalue weighted by molar-refractivity contribution is 0.0972. The molecule has 0 bridgehead atoms. The smallest absolute Gasteiger partial charge is 0.178 e. The predicted octanol–water partition coefficient (Wildman–Crippen LogP) is 3.62. The normalized spacial score (nSPS) is 22.5. The van der Waals surface area contributed by atoms with Crippen LogP contribution in [0.3, 0.4) is 0 Å². The van der Waals surface area contributed by atoms with Gasteiger partial charge in [0.1, 0.15) is 0 Å². The summed E-state index contributed by atoms with van der Waals surface area (Å²) in [5.74, 6) is 2.02. The Bertz CT molecular complexity index is 524. The maximum Gasteiger partial charge on any atom is 0.178 e. The van der Waals surface area contributed by atoms with Crippen molar-refractivity contribution in [2.45, 2.75) is 44.4 Å². The Morgan fingerprint density at radius 1 is 1.21 bits per heavy atom. The third-order valence-corrected chi connectivity index (χ3v) is 5.58. The average molecular weight is 276 g/mol. The van der Waals surface area contributed by atoms with Crippen LogP contribution in [0.2, 0.25) is 0 Å². The first-order valence-corrected chi connectivity index (χ1v) is 8.26. The second-order valence-corrected chi connectivity index (χ2v) is 7.35. The second-order valence-electron chi connectivity index (χ2n) is 6.32. The fraction of sp³-hybridized carbons (Fsp3) is 0.667. The van der Waals surface area contributed by atoms with E-state index in [0.717, 1.165) is 35.9 Å². The summed E-state index contributed by atoms with van der Waals surface area (Å²) < 4.78 is 0. The average Bonchev–Trinajstić information content (AvgIpc) is 3.27. The Morgan fingerprint density at radius 2 is 1.95 bits per heavy atom. The topological polar surface area (TPSA) is 55.1 Å². The first-order valence-electron chi connectivity index (χ1n) is 7.44. The number of nitrogen functional groups attached to an aromatic ring is 1. The molecule has 3 saturated carbocycles. The summed E-state index contributed by atoms with van der Waals surface area (Å²) in [6, 6.07) is 0. The largest absolute Gasteiger partial charge is 0.397 e. The molecule has 3 aliphatic rings. The lowest BCUT2D eigenvalue weighted by atomic mass is 10.1. The van der Waals surface area contributed by atoms with Crippen molar-refractivity contribution in [2.24, 2.45) is 11.8 Å². The van der Waals surface area contributed by atoms with Crippen molar-refractivity contribution in [1.29, 1.82) is 0 Å². The van der Waals surface area contributed by atoms with Gasteiger partial charge in [0.2, 0.25) is 0 Å². The molecular formula is C15H20N2OS. The molecule has 19 heavy (non-hydrogen) atoms. The lowest BCUT2D eigenvalue weighted by Gasteiger charge is -2.06. The van der Waals surface area contributed by atoms with Crippen molar-refractivity contribution in [3.63, 3.8) is 0 Å². The number of Topliss-reactive ketones (excluding diaryl/α,β-unsaturated/α-hetero) is 1. The lowest BCUT2D eigenvalue weighted by Crippen LogP contribution is -2.04. The van der Waals surface area contributed by atoms with Crippen molar-refractivity contribution >= 4 is 27.8 Å². The van der Waals surface area contributed by atoms with Crippen LogP contribution in [0.1, 0.15) is 59.7 Å². The molecule has 0 aromatic carbocycles. The summed E-state index contributed by atoms with van der Waals surface area (Å²) in [7, 11) is 0. The Balaban J connectivity index is 1.62. The third kappa shape index (κ3) is 2.27.